The Morgan fingerprint density at radius 3 is 2.65 bits per heavy atom. The van der Waals surface area contributed by atoms with Crippen LogP contribution in [0.25, 0.3) is 0 Å². The van der Waals surface area contributed by atoms with Gasteiger partial charge in [0, 0.05) is 13.1 Å². The van der Waals surface area contributed by atoms with E-state index in [2.05, 4.69) is 0 Å². The molecule has 1 aromatic rings. The lowest BCUT2D eigenvalue weighted by molar-refractivity contribution is -0.0606. The average Bonchev–Trinajstić information content (AvgIpc) is 2.45. The normalized spacial score (nSPS) is 21.2. The van der Waals surface area contributed by atoms with Gasteiger partial charge in [0.2, 0.25) is 0 Å². The number of rotatable bonds is 2. The predicted octanol–water partition coefficient (Wildman–Crippen LogP) is 3.14. The molecule has 0 spiro atoms. The van der Waals surface area contributed by atoms with Gasteiger partial charge in [0.1, 0.15) is 11.7 Å². The molecule has 2 rings (SSSR count). The van der Waals surface area contributed by atoms with Crippen LogP contribution in [-0.2, 0) is 9.47 Å². The molecule has 23 heavy (non-hydrogen) atoms. The fourth-order valence-electron chi connectivity index (χ4n) is 2.62. The molecule has 1 N–H and O–H groups in total. The summed E-state index contributed by atoms with van der Waals surface area (Å²) in [6.07, 6.45) is 0.300. The van der Waals surface area contributed by atoms with Crippen LogP contribution in [0, 0.1) is 0 Å². The van der Waals surface area contributed by atoms with Crippen LogP contribution < -0.4 is 0 Å². The minimum absolute atomic E-state index is 0.238. The Hall–Kier alpha value is -1.59. The summed E-state index contributed by atoms with van der Waals surface area (Å²) >= 11 is 0. The Morgan fingerprint density at radius 2 is 2.00 bits per heavy atom. The first-order valence-electron chi connectivity index (χ1n) is 8.19. The Balaban J connectivity index is 1.88. The summed E-state index contributed by atoms with van der Waals surface area (Å²) in [6.45, 7) is 7.07. The van der Waals surface area contributed by atoms with Crippen LogP contribution in [-0.4, -0.2) is 47.5 Å². The van der Waals surface area contributed by atoms with E-state index < -0.39 is 11.7 Å². The highest BCUT2D eigenvalue weighted by molar-refractivity contribution is 5.68. The van der Waals surface area contributed by atoms with Crippen LogP contribution in [0.1, 0.15) is 45.3 Å². The van der Waals surface area contributed by atoms with Crippen LogP contribution in [0.5, 0.6) is 0 Å². The van der Waals surface area contributed by atoms with Crippen molar-refractivity contribution in [2.24, 2.45) is 0 Å². The maximum atomic E-state index is 12.1. The van der Waals surface area contributed by atoms with Gasteiger partial charge in [0.25, 0.3) is 0 Å². The highest BCUT2D eigenvalue weighted by Crippen LogP contribution is 2.24. The highest BCUT2D eigenvalue weighted by Gasteiger charge is 2.27. The minimum atomic E-state index is -0.635. The Kier molecular flexibility index (Phi) is 6.02. The smallest absolute Gasteiger partial charge is 0.410 e. The van der Waals surface area contributed by atoms with Gasteiger partial charge in [0.15, 0.2) is 0 Å². The van der Waals surface area contributed by atoms with Crippen LogP contribution in [0.4, 0.5) is 4.79 Å². The zero-order chi connectivity index (χ0) is 16.9. The third-order valence-corrected chi connectivity index (χ3v) is 3.75. The largest absolute Gasteiger partial charge is 0.444 e. The van der Waals surface area contributed by atoms with Crippen molar-refractivity contribution in [2.45, 2.75) is 51.4 Å². The first-order valence-corrected chi connectivity index (χ1v) is 8.19. The van der Waals surface area contributed by atoms with Crippen molar-refractivity contribution >= 4 is 6.09 Å². The zero-order valence-corrected chi connectivity index (χ0v) is 14.2. The van der Waals surface area contributed by atoms with Crippen molar-refractivity contribution < 1.29 is 19.4 Å². The summed E-state index contributed by atoms with van der Waals surface area (Å²) in [6, 6.07) is 9.55. The van der Waals surface area contributed by atoms with Gasteiger partial charge in [-0.15, -0.1) is 0 Å². The number of aliphatic hydroxyl groups excluding tert-OH is 1. The second-order valence-electron chi connectivity index (χ2n) is 6.87. The molecule has 0 bridgehead atoms. The lowest BCUT2D eigenvalue weighted by Crippen LogP contribution is -2.41. The van der Waals surface area contributed by atoms with Gasteiger partial charge in [-0.3, -0.25) is 0 Å². The fraction of sp³-hybridized carbons (Fsp3) is 0.611. The molecule has 1 saturated heterocycles. The average molecular weight is 321 g/mol. The third kappa shape index (κ3) is 5.52. The Morgan fingerprint density at radius 1 is 1.30 bits per heavy atom. The highest BCUT2D eigenvalue weighted by atomic mass is 16.6. The number of amides is 1. The third-order valence-electron chi connectivity index (χ3n) is 3.75. The van der Waals surface area contributed by atoms with Crippen LogP contribution in [0.2, 0.25) is 0 Å². The molecule has 0 saturated carbocycles. The van der Waals surface area contributed by atoms with Crippen LogP contribution in [0.3, 0.4) is 0 Å². The molecule has 1 aliphatic heterocycles. The molecule has 2 atom stereocenters. The predicted molar refractivity (Wildman–Crippen MR) is 88.2 cm³/mol. The van der Waals surface area contributed by atoms with Gasteiger partial charge in [-0.2, -0.15) is 0 Å². The molecule has 5 heteroatoms. The summed E-state index contributed by atoms with van der Waals surface area (Å²) in [5, 5.41) is 10.5. The lowest BCUT2D eigenvalue weighted by Gasteiger charge is -2.32. The van der Waals surface area contributed by atoms with Crippen molar-refractivity contribution in [1.29, 1.82) is 0 Å². The molecule has 1 heterocycles. The fourth-order valence-corrected chi connectivity index (χ4v) is 2.62. The van der Waals surface area contributed by atoms with E-state index in [4.69, 9.17) is 9.47 Å². The number of hydrogen-bond acceptors (Lipinski definition) is 4. The van der Waals surface area contributed by atoms with Gasteiger partial charge in [-0.05, 0) is 39.2 Å². The van der Waals surface area contributed by atoms with Gasteiger partial charge < -0.3 is 19.5 Å². The van der Waals surface area contributed by atoms with Crippen molar-refractivity contribution in [1.82, 2.24) is 4.90 Å². The van der Waals surface area contributed by atoms with Crippen molar-refractivity contribution in [3.05, 3.63) is 35.9 Å². The first kappa shape index (κ1) is 17.8. The molecule has 5 nitrogen and oxygen atoms in total. The van der Waals surface area contributed by atoms with E-state index in [0.717, 1.165) is 12.0 Å². The topological polar surface area (TPSA) is 59.0 Å². The Bertz CT molecular complexity index is 487. The summed E-state index contributed by atoms with van der Waals surface area (Å²) in [5.74, 6) is 0. The maximum absolute atomic E-state index is 12.1. The van der Waals surface area contributed by atoms with E-state index in [9.17, 15) is 9.90 Å². The SMILES string of the molecule is CC(C)(C)OC(=O)N1CCCC(C(O)c2ccccc2)OCC1. The lowest BCUT2D eigenvalue weighted by atomic mass is 10.0. The summed E-state index contributed by atoms with van der Waals surface area (Å²) in [7, 11) is 0. The monoisotopic (exact) mass is 321 g/mol. The number of benzene rings is 1. The molecule has 2 unspecified atom stereocenters. The Labute approximate surface area is 138 Å². The van der Waals surface area contributed by atoms with Crippen LogP contribution in [0.15, 0.2) is 30.3 Å². The molecule has 1 amide bonds. The zero-order valence-electron chi connectivity index (χ0n) is 14.2. The second-order valence-corrected chi connectivity index (χ2v) is 6.87. The van der Waals surface area contributed by atoms with E-state index in [1.54, 1.807) is 4.90 Å². The minimum Gasteiger partial charge on any atom is -0.444 e. The number of hydrogen-bond donors (Lipinski definition) is 1. The number of carbonyl (C=O) groups excluding carboxylic acids is 1. The van der Waals surface area contributed by atoms with Crippen LogP contribution >= 0.6 is 0 Å². The molecule has 0 radical (unpaired) electrons. The van der Waals surface area contributed by atoms with E-state index in [-0.39, 0.29) is 12.2 Å². The van der Waals surface area contributed by atoms with Crippen molar-refractivity contribution in [3.63, 3.8) is 0 Å². The molecule has 0 aliphatic carbocycles. The van der Waals surface area contributed by atoms with Gasteiger partial charge in [-0.25, -0.2) is 4.79 Å². The standard InChI is InChI=1S/C18H27NO4/c1-18(2,3)23-17(21)19-11-7-10-15(22-13-12-19)16(20)14-8-5-4-6-9-14/h4-6,8-9,15-16,20H,7,10-13H2,1-3H3. The van der Waals surface area contributed by atoms with E-state index in [0.29, 0.717) is 26.1 Å². The maximum Gasteiger partial charge on any atom is 0.410 e. The molecule has 1 fully saturated rings. The molecule has 1 aromatic carbocycles. The van der Waals surface area contributed by atoms with Gasteiger partial charge >= 0.3 is 6.09 Å². The van der Waals surface area contributed by atoms with E-state index in [1.807, 2.05) is 51.1 Å². The van der Waals surface area contributed by atoms with Crippen molar-refractivity contribution in [2.75, 3.05) is 19.7 Å². The van der Waals surface area contributed by atoms with Gasteiger partial charge in [0.05, 0.1) is 12.7 Å². The number of carbonyl (C=O) groups is 1. The summed E-state index contributed by atoms with van der Waals surface area (Å²) in [5.41, 5.74) is 0.369. The van der Waals surface area contributed by atoms with E-state index >= 15 is 0 Å². The first-order chi connectivity index (χ1) is 10.9. The van der Waals surface area contributed by atoms with Gasteiger partial charge in [-0.1, -0.05) is 30.3 Å². The van der Waals surface area contributed by atoms with Crippen molar-refractivity contribution in [3.8, 4) is 0 Å². The quantitative estimate of drug-likeness (QED) is 0.909. The summed E-state index contributed by atoms with van der Waals surface area (Å²) in [4.78, 5) is 13.8. The second kappa shape index (κ2) is 7.79. The molecular formula is C18H27NO4. The number of nitrogens with zero attached hydrogens (tertiary/aromatic N) is 1. The molecular weight excluding hydrogens is 294 g/mol. The molecule has 128 valence electrons. The summed E-state index contributed by atoms with van der Waals surface area (Å²) < 4.78 is 11.2. The molecule has 1 aliphatic rings. The number of ether oxygens (including phenoxy) is 2. The number of aliphatic hydroxyl groups is 1. The molecule has 0 aromatic heterocycles. The van der Waals surface area contributed by atoms with E-state index in [1.165, 1.54) is 0 Å².